The molecule has 1 fully saturated rings. The maximum atomic E-state index is 13.7. The van der Waals surface area contributed by atoms with Crippen LogP contribution in [-0.4, -0.2) is 50.7 Å². The molecule has 1 aliphatic heterocycles. The van der Waals surface area contributed by atoms with Crippen molar-refractivity contribution in [3.8, 4) is 10.4 Å². The highest BCUT2D eigenvalue weighted by atomic mass is 32.1. The Labute approximate surface area is 222 Å². The first-order chi connectivity index (χ1) is 17.6. The van der Waals surface area contributed by atoms with Crippen LogP contribution in [0, 0.1) is 12.8 Å². The highest BCUT2D eigenvalue weighted by molar-refractivity contribution is 7.13. The second-order valence-electron chi connectivity index (χ2n) is 10.5. The first-order valence-electron chi connectivity index (χ1n) is 12.8. The van der Waals surface area contributed by atoms with Crippen LogP contribution in [0.2, 0.25) is 0 Å². The van der Waals surface area contributed by atoms with Gasteiger partial charge in [-0.2, -0.15) is 0 Å². The lowest BCUT2D eigenvalue weighted by Crippen LogP contribution is -2.48. The van der Waals surface area contributed by atoms with Crippen molar-refractivity contribution in [2.75, 3.05) is 6.54 Å². The van der Waals surface area contributed by atoms with Gasteiger partial charge < -0.3 is 19.8 Å². The number of β-amino-alcohol motifs (C(OH)–C–C–N with tert-alkyl or cyclic N) is 1. The normalized spacial score (nSPS) is 19.4. The molecule has 4 rings (SSSR count). The van der Waals surface area contributed by atoms with Gasteiger partial charge in [-0.1, -0.05) is 57.1 Å². The van der Waals surface area contributed by atoms with E-state index in [2.05, 4.69) is 15.5 Å². The number of nitrogens with one attached hydrogen (secondary N) is 1. The molecule has 2 aromatic heterocycles. The van der Waals surface area contributed by atoms with E-state index in [1.54, 1.807) is 11.3 Å². The minimum absolute atomic E-state index is 0.0680. The Balaban J connectivity index is 1.48. The van der Waals surface area contributed by atoms with E-state index >= 15 is 0 Å². The van der Waals surface area contributed by atoms with Crippen molar-refractivity contribution in [1.29, 1.82) is 0 Å². The van der Waals surface area contributed by atoms with E-state index in [9.17, 15) is 14.7 Å². The maximum Gasteiger partial charge on any atom is 0.243 e. The van der Waals surface area contributed by atoms with Gasteiger partial charge in [0.05, 0.1) is 33.9 Å². The summed E-state index contributed by atoms with van der Waals surface area (Å²) < 4.78 is 5.56. The van der Waals surface area contributed by atoms with Crippen LogP contribution < -0.4 is 5.32 Å². The Morgan fingerprint density at radius 2 is 1.86 bits per heavy atom. The van der Waals surface area contributed by atoms with Gasteiger partial charge in [-0.15, -0.1) is 11.3 Å². The van der Waals surface area contributed by atoms with Gasteiger partial charge in [-0.25, -0.2) is 4.98 Å². The van der Waals surface area contributed by atoms with Crippen LogP contribution in [0.4, 0.5) is 0 Å². The van der Waals surface area contributed by atoms with E-state index < -0.39 is 18.1 Å². The van der Waals surface area contributed by atoms with Crippen molar-refractivity contribution in [1.82, 2.24) is 20.4 Å². The molecule has 1 aliphatic rings. The zero-order chi connectivity index (χ0) is 26.9. The van der Waals surface area contributed by atoms with Crippen LogP contribution in [0.25, 0.3) is 10.4 Å². The minimum Gasteiger partial charge on any atom is -0.391 e. The predicted molar refractivity (Wildman–Crippen MR) is 143 cm³/mol. The lowest BCUT2D eigenvalue weighted by atomic mass is 9.90. The van der Waals surface area contributed by atoms with Crippen LogP contribution in [0.3, 0.4) is 0 Å². The molecule has 2 amide bonds. The summed E-state index contributed by atoms with van der Waals surface area (Å²) in [7, 11) is 0. The molecular formula is C28H36N4O4S. The number of nitrogens with zero attached hydrogens (tertiary/aromatic N) is 3. The van der Waals surface area contributed by atoms with E-state index in [1.165, 1.54) is 4.90 Å². The van der Waals surface area contributed by atoms with Crippen molar-refractivity contribution in [3.63, 3.8) is 0 Å². The fourth-order valence-electron chi connectivity index (χ4n) is 4.84. The van der Waals surface area contributed by atoms with Gasteiger partial charge in [-0.05, 0) is 36.8 Å². The van der Waals surface area contributed by atoms with Crippen LogP contribution in [0.5, 0.6) is 0 Å². The molecule has 0 aliphatic carbocycles. The Morgan fingerprint density at radius 1 is 1.16 bits per heavy atom. The Bertz CT molecular complexity index is 1230. The van der Waals surface area contributed by atoms with E-state index in [4.69, 9.17) is 4.52 Å². The number of aryl methyl sites for hydroxylation is 1. The third-order valence-corrected chi connectivity index (χ3v) is 8.00. The zero-order valence-electron chi connectivity index (χ0n) is 22.3. The number of hydrogen-bond donors (Lipinski definition) is 2. The van der Waals surface area contributed by atoms with Crippen LogP contribution >= 0.6 is 11.3 Å². The lowest BCUT2D eigenvalue weighted by Gasteiger charge is -2.29. The summed E-state index contributed by atoms with van der Waals surface area (Å²) in [4.78, 5) is 34.0. The number of carbonyl (C=O) groups excluding carboxylic acids is 2. The molecule has 3 aromatic rings. The highest BCUT2D eigenvalue weighted by Gasteiger charge is 2.43. The van der Waals surface area contributed by atoms with Gasteiger partial charge >= 0.3 is 0 Å². The topological polar surface area (TPSA) is 109 Å². The predicted octanol–water partition coefficient (Wildman–Crippen LogP) is 4.81. The molecule has 8 nitrogen and oxygen atoms in total. The molecule has 9 heteroatoms. The van der Waals surface area contributed by atoms with E-state index in [1.807, 2.05) is 77.4 Å². The number of thiazole rings is 1. The van der Waals surface area contributed by atoms with E-state index in [0.29, 0.717) is 5.76 Å². The van der Waals surface area contributed by atoms with E-state index in [0.717, 1.165) is 27.4 Å². The number of aliphatic hydroxyl groups excluding tert-OH is 1. The maximum absolute atomic E-state index is 13.7. The van der Waals surface area contributed by atoms with Gasteiger partial charge in [0.1, 0.15) is 17.7 Å². The highest BCUT2D eigenvalue weighted by Crippen LogP contribution is 2.33. The fraction of sp³-hybridized carbons (Fsp3) is 0.500. The van der Waals surface area contributed by atoms with E-state index in [-0.39, 0.29) is 42.7 Å². The lowest BCUT2D eigenvalue weighted by molar-refractivity contribution is -0.141. The van der Waals surface area contributed by atoms with Crippen molar-refractivity contribution in [3.05, 3.63) is 58.6 Å². The Morgan fingerprint density at radius 3 is 2.43 bits per heavy atom. The molecule has 0 bridgehead atoms. The van der Waals surface area contributed by atoms with Crippen LogP contribution in [0.15, 0.2) is 40.4 Å². The Kier molecular flexibility index (Phi) is 8.14. The van der Waals surface area contributed by atoms with Crippen molar-refractivity contribution in [2.45, 2.75) is 78.0 Å². The monoisotopic (exact) mass is 524 g/mol. The molecule has 37 heavy (non-hydrogen) atoms. The molecule has 1 saturated heterocycles. The van der Waals surface area contributed by atoms with Gasteiger partial charge in [0.25, 0.3) is 0 Å². The summed E-state index contributed by atoms with van der Waals surface area (Å²) in [6.07, 6.45) is -0.558. The second kappa shape index (κ2) is 11.1. The number of aromatic nitrogens is 2. The zero-order valence-corrected chi connectivity index (χ0v) is 23.1. The Hall–Kier alpha value is -3.04. The number of amides is 2. The summed E-state index contributed by atoms with van der Waals surface area (Å²) >= 11 is 1.60. The number of rotatable bonds is 8. The number of aliphatic hydroxyl groups is 1. The molecule has 0 spiro atoms. The van der Waals surface area contributed by atoms with Crippen molar-refractivity contribution >= 4 is 23.2 Å². The standard InChI is InChI=1S/C28H36N4O4S/c1-15(2)22-12-24(36-31-22)25(16(3)4)28(35)32-13-21(33)11-23(32)27(34)30-17(5)19-7-9-20(10-8-19)26-18(6)29-14-37-26/h7-10,12,14-17,21,23,25,33H,11,13H2,1-6H3,(H,30,34)/t17-,21+,23?,25?/m0/s1. The quantitative estimate of drug-likeness (QED) is 0.438. The molecule has 0 saturated carbocycles. The van der Waals surface area contributed by atoms with Crippen molar-refractivity contribution in [2.24, 2.45) is 5.92 Å². The number of benzene rings is 1. The molecule has 4 atom stereocenters. The van der Waals surface area contributed by atoms with Gasteiger partial charge in [0.15, 0.2) is 0 Å². The third kappa shape index (κ3) is 5.78. The van der Waals surface area contributed by atoms with Gasteiger partial charge in [-0.3, -0.25) is 9.59 Å². The average molecular weight is 525 g/mol. The smallest absolute Gasteiger partial charge is 0.243 e. The SMILES string of the molecule is Cc1ncsc1-c1ccc([C@H](C)NC(=O)C2C[C@@H](O)CN2C(=O)C(c2cc(C(C)C)no2)C(C)C)cc1. The summed E-state index contributed by atoms with van der Waals surface area (Å²) in [5, 5.41) is 17.6. The van der Waals surface area contributed by atoms with Crippen LogP contribution in [0.1, 0.15) is 81.6 Å². The van der Waals surface area contributed by atoms with Crippen LogP contribution in [-0.2, 0) is 9.59 Å². The van der Waals surface area contributed by atoms with Gasteiger partial charge in [0, 0.05) is 19.0 Å². The molecule has 0 radical (unpaired) electrons. The summed E-state index contributed by atoms with van der Waals surface area (Å²) in [5.74, 6) is -0.483. The average Bonchev–Trinajstić information content (AvgIpc) is 3.59. The number of carbonyl (C=O) groups is 2. The molecule has 2 unspecified atom stereocenters. The minimum atomic E-state index is -0.759. The largest absolute Gasteiger partial charge is 0.391 e. The molecule has 2 N–H and O–H groups in total. The van der Waals surface area contributed by atoms with Crippen molar-refractivity contribution < 1.29 is 19.2 Å². The number of likely N-dealkylation sites (tertiary alicyclic amines) is 1. The summed E-state index contributed by atoms with van der Waals surface area (Å²) in [5.41, 5.74) is 5.66. The summed E-state index contributed by atoms with van der Waals surface area (Å²) in [6.45, 7) is 11.9. The fourth-order valence-corrected chi connectivity index (χ4v) is 5.65. The first kappa shape index (κ1) is 27.0. The first-order valence-corrected chi connectivity index (χ1v) is 13.7. The molecular weight excluding hydrogens is 488 g/mol. The summed E-state index contributed by atoms with van der Waals surface area (Å²) in [6, 6.07) is 8.87. The third-order valence-electron chi connectivity index (χ3n) is 7.02. The number of hydrogen-bond acceptors (Lipinski definition) is 7. The molecule has 1 aromatic carbocycles. The van der Waals surface area contributed by atoms with Gasteiger partial charge in [0.2, 0.25) is 11.8 Å². The molecule has 3 heterocycles. The second-order valence-corrected chi connectivity index (χ2v) is 11.4. The molecule has 198 valence electrons.